The summed E-state index contributed by atoms with van der Waals surface area (Å²) in [4.78, 5) is 20.9. The van der Waals surface area contributed by atoms with Crippen LogP contribution in [0.5, 0.6) is 5.75 Å². The van der Waals surface area contributed by atoms with Crippen molar-refractivity contribution in [1.82, 2.24) is 20.6 Å². The van der Waals surface area contributed by atoms with Crippen LogP contribution in [-0.2, 0) is 12.8 Å². The number of aromatic hydroxyl groups is 1. The molecule has 0 spiro atoms. The number of aryl methyl sites for hydroxylation is 2. The average Bonchev–Trinajstić information content (AvgIpc) is 2.55. The highest BCUT2D eigenvalue weighted by Crippen LogP contribution is 2.20. The molecule has 1 aromatic heterocycles. The summed E-state index contributed by atoms with van der Waals surface area (Å²) in [5.41, 5.74) is 3.07. The zero-order valence-electron chi connectivity index (χ0n) is 13.9. The molecule has 2 aromatic rings. The van der Waals surface area contributed by atoms with Crippen LogP contribution in [0.4, 0.5) is 4.79 Å². The molecule has 0 saturated heterocycles. The van der Waals surface area contributed by atoms with Crippen LogP contribution in [0.1, 0.15) is 42.0 Å². The SMILES string of the molecule is Cc1ncc2c(n1)CCC(NC(=O)N[C@H](C)c1cccc(O)c1)C2. The Kier molecular flexibility index (Phi) is 4.64. The van der Waals surface area contributed by atoms with Crippen LogP contribution >= 0.6 is 0 Å². The Hall–Kier alpha value is -2.63. The van der Waals surface area contributed by atoms with Gasteiger partial charge >= 0.3 is 6.03 Å². The van der Waals surface area contributed by atoms with E-state index in [4.69, 9.17) is 0 Å². The third kappa shape index (κ3) is 3.82. The van der Waals surface area contributed by atoms with E-state index in [1.165, 1.54) is 0 Å². The van der Waals surface area contributed by atoms with Crippen LogP contribution in [0.3, 0.4) is 0 Å². The van der Waals surface area contributed by atoms with Crippen molar-refractivity contribution in [2.45, 2.75) is 45.2 Å². The van der Waals surface area contributed by atoms with Gasteiger partial charge in [0, 0.05) is 17.9 Å². The van der Waals surface area contributed by atoms with Crippen molar-refractivity contribution < 1.29 is 9.90 Å². The van der Waals surface area contributed by atoms with Crippen molar-refractivity contribution in [2.75, 3.05) is 0 Å². The molecule has 0 bridgehead atoms. The molecule has 3 N–H and O–H groups in total. The van der Waals surface area contributed by atoms with E-state index >= 15 is 0 Å². The van der Waals surface area contributed by atoms with Gasteiger partial charge in [-0.3, -0.25) is 0 Å². The Morgan fingerprint density at radius 1 is 1.42 bits per heavy atom. The maximum atomic E-state index is 12.2. The zero-order valence-corrected chi connectivity index (χ0v) is 13.9. The van der Waals surface area contributed by atoms with Crippen LogP contribution in [0, 0.1) is 6.92 Å². The molecule has 1 unspecified atom stereocenters. The van der Waals surface area contributed by atoms with E-state index in [9.17, 15) is 9.90 Å². The average molecular weight is 326 g/mol. The van der Waals surface area contributed by atoms with E-state index in [2.05, 4.69) is 20.6 Å². The highest BCUT2D eigenvalue weighted by Gasteiger charge is 2.22. The number of benzene rings is 1. The first-order valence-electron chi connectivity index (χ1n) is 8.18. The second kappa shape index (κ2) is 6.86. The molecule has 1 heterocycles. The maximum Gasteiger partial charge on any atom is 0.315 e. The van der Waals surface area contributed by atoms with Gasteiger partial charge in [0.25, 0.3) is 0 Å². The first-order chi connectivity index (χ1) is 11.5. The Morgan fingerprint density at radius 2 is 2.25 bits per heavy atom. The zero-order chi connectivity index (χ0) is 17.1. The van der Waals surface area contributed by atoms with Crippen LogP contribution in [0.2, 0.25) is 0 Å². The molecule has 6 nitrogen and oxygen atoms in total. The van der Waals surface area contributed by atoms with Gasteiger partial charge in [0.2, 0.25) is 0 Å². The molecule has 0 fully saturated rings. The largest absolute Gasteiger partial charge is 0.508 e. The predicted octanol–water partition coefficient (Wildman–Crippen LogP) is 2.41. The number of carbonyl (C=O) groups is 1. The minimum atomic E-state index is -0.202. The molecule has 1 aliphatic carbocycles. The summed E-state index contributed by atoms with van der Waals surface area (Å²) >= 11 is 0. The minimum absolute atomic E-state index is 0.0835. The number of rotatable bonds is 3. The predicted molar refractivity (Wildman–Crippen MR) is 90.8 cm³/mol. The summed E-state index contributed by atoms with van der Waals surface area (Å²) in [6.45, 7) is 3.78. The highest BCUT2D eigenvalue weighted by molar-refractivity contribution is 5.74. The first-order valence-corrected chi connectivity index (χ1v) is 8.18. The Labute approximate surface area is 141 Å². The van der Waals surface area contributed by atoms with Crippen molar-refractivity contribution in [3.05, 3.63) is 53.1 Å². The molecule has 6 heteroatoms. The Balaban J connectivity index is 1.57. The topological polar surface area (TPSA) is 87.1 Å². The maximum absolute atomic E-state index is 12.2. The van der Waals surface area contributed by atoms with Gasteiger partial charge in [-0.1, -0.05) is 12.1 Å². The second-order valence-electron chi connectivity index (χ2n) is 6.26. The number of phenols is 1. The van der Waals surface area contributed by atoms with Crippen molar-refractivity contribution in [2.24, 2.45) is 0 Å². The summed E-state index contributed by atoms with van der Waals surface area (Å²) in [5.74, 6) is 0.985. The number of carbonyl (C=O) groups excluding carboxylic acids is 1. The monoisotopic (exact) mass is 326 g/mol. The molecule has 1 aromatic carbocycles. The van der Waals surface area contributed by atoms with Gasteiger partial charge in [-0.2, -0.15) is 0 Å². The molecule has 0 aliphatic heterocycles. The fourth-order valence-corrected chi connectivity index (χ4v) is 3.03. The van der Waals surface area contributed by atoms with Crippen molar-refractivity contribution in [3.8, 4) is 5.75 Å². The Morgan fingerprint density at radius 3 is 3.04 bits per heavy atom. The molecule has 0 saturated carbocycles. The van der Waals surface area contributed by atoms with Crippen molar-refractivity contribution >= 4 is 6.03 Å². The fraction of sp³-hybridized carbons (Fsp3) is 0.389. The van der Waals surface area contributed by atoms with E-state index < -0.39 is 0 Å². The number of amides is 2. The normalized spacial score (nSPS) is 17.7. The van der Waals surface area contributed by atoms with E-state index in [0.717, 1.165) is 41.9 Å². The number of urea groups is 1. The van der Waals surface area contributed by atoms with E-state index in [1.54, 1.807) is 18.2 Å². The number of hydrogen-bond donors (Lipinski definition) is 3. The smallest absolute Gasteiger partial charge is 0.315 e. The van der Waals surface area contributed by atoms with Crippen LogP contribution in [0.15, 0.2) is 30.5 Å². The van der Waals surface area contributed by atoms with Crippen LogP contribution < -0.4 is 10.6 Å². The molecule has 126 valence electrons. The fourth-order valence-electron chi connectivity index (χ4n) is 3.03. The Bertz CT molecular complexity index is 748. The quantitative estimate of drug-likeness (QED) is 0.808. The van der Waals surface area contributed by atoms with Crippen molar-refractivity contribution in [3.63, 3.8) is 0 Å². The van der Waals surface area contributed by atoms with Gasteiger partial charge in [0.1, 0.15) is 11.6 Å². The molecule has 3 rings (SSSR count). The second-order valence-corrected chi connectivity index (χ2v) is 6.26. The molecular formula is C18H22N4O2. The summed E-state index contributed by atoms with van der Waals surface area (Å²) < 4.78 is 0. The van der Waals surface area contributed by atoms with Gasteiger partial charge in [0.05, 0.1) is 6.04 Å². The minimum Gasteiger partial charge on any atom is -0.508 e. The number of fused-ring (bicyclic) bond motifs is 1. The van der Waals surface area contributed by atoms with Crippen LogP contribution in [-0.4, -0.2) is 27.1 Å². The molecule has 2 amide bonds. The summed E-state index contributed by atoms with van der Waals surface area (Å²) in [6, 6.07) is 6.61. The van der Waals surface area contributed by atoms with Gasteiger partial charge in [-0.25, -0.2) is 14.8 Å². The molecular weight excluding hydrogens is 304 g/mol. The number of hydrogen-bond acceptors (Lipinski definition) is 4. The van der Waals surface area contributed by atoms with Gasteiger partial charge < -0.3 is 15.7 Å². The third-order valence-corrected chi connectivity index (χ3v) is 4.32. The summed E-state index contributed by atoms with van der Waals surface area (Å²) in [7, 11) is 0. The molecule has 24 heavy (non-hydrogen) atoms. The lowest BCUT2D eigenvalue weighted by Gasteiger charge is -2.25. The van der Waals surface area contributed by atoms with E-state index in [1.807, 2.05) is 26.1 Å². The van der Waals surface area contributed by atoms with E-state index in [0.29, 0.717) is 0 Å². The third-order valence-electron chi connectivity index (χ3n) is 4.32. The lowest BCUT2D eigenvalue weighted by molar-refractivity contribution is 0.232. The van der Waals surface area contributed by atoms with Crippen LogP contribution in [0.25, 0.3) is 0 Å². The van der Waals surface area contributed by atoms with E-state index in [-0.39, 0.29) is 23.9 Å². The lowest BCUT2D eigenvalue weighted by Crippen LogP contribution is -2.45. The van der Waals surface area contributed by atoms with Gasteiger partial charge in [-0.05, 0) is 56.4 Å². The first kappa shape index (κ1) is 16.2. The number of nitrogens with zero attached hydrogens (tertiary/aromatic N) is 2. The summed E-state index contributed by atoms with van der Waals surface area (Å²) in [5, 5.41) is 15.5. The highest BCUT2D eigenvalue weighted by atomic mass is 16.3. The number of phenolic OH excluding ortho intramolecular Hbond substituents is 1. The van der Waals surface area contributed by atoms with Crippen molar-refractivity contribution in [1.29, 1.82) is 0 Å². The molecule has 0 radical (unpaired) electrons. The summed E-state index contributed by atoms with van der Waals surface area (Å²) in [6.07, 6.45) is 4.34. The van der Waals surface area contributed by atoms with Gasteiger partial charge in [-0.15, -0.1) is 0 Å². The molecule has 2 atom stereocenters. The lowest BCUT2D eigenvalue weighted by atomic mass is 9.93. The number of aromatic nitrogens is 2. The number of nitrogens with one attached hydrogen (secondary N) is 2. The molecule has 1 aliphatic rings. The van der Waals surface area contributed by atoms with Gasteiger partial charge in [0.15, 0.2) is 0 Å². The standard InChI is InChI=1S/C18H22N4O2/c1-11(13-4-3-5-16(23)9-13)20-18(24)22-15-6-7-17-14(8-15)10-19-12(2)21-17/h3-5,9-11,15,23H,6-8H2,1-2H3,(H2,20,22,24)/t11-,15?/m1/s1.